The first-order chi connectivity index (χ1) is 8.56. The van der Waals surface area contributed by atoms with Crippen LogP contribution in [0.25, 0.3) is 0 Å². The van der Waals surface area contributed by atoms with Crippen LogP contribution in [0.15, 0.2) is 16.5 Å². The van der Waals surface area contributed by atoms with E-state index in [0.717, 1.165) is 5.92 Å². The summed E-state index contributed by atoms with van der Waals surface area (Å²) in [5.74, 6) is 1.91. The van der Waals surface area contributed by atoms with Crippen molar-refractivity contribution >= 4 is 5.88 Å². The van der Waals surface area contributed by atoms with Crippen LogP contribution in [-0.4, -0.2) is 11.0 Å². The van der Waals surface area contributed by atoms with Crippen molar-refractivity contribution in [2.45, 2.75) is 45.7 Å². The van der Waals surface area contributed by atoms with Gasteiger partial charge in [0, 0.05) is 6.04 Å². The lowest BCUT2D eigenvalue weighted by molar-refractivity contribution is -0.402. The van der Waals surface area contributed by atoms with E-state index in [-0.39, 0.29) is 5.88 Å². The third-order valence-electron chi connectivity index (χ3n) is 3.80. The van der Waals surface area contributed by atoms with Crippen LogP contribution in [-0.2, 0) is 6.54 Å². The summed E-state index contributed by atoms with van der Waals surface area (Å²) in [6, 6.07) is 3.57. The first-order valence-corrected chi connectivity index (χ1v) is 6.52. The summed E-state index contributed by atoms with van der Waals surface area (Å²) in [5.41, 5.74) is 0. The molecule has 1 aromatic rings. The molecule has 0 aromatic carbocycles. The second-order valence-electron chi connectivity index (χ2n) is 5.38. The highest BCUT2D eigenvalue weighted by Crippen LogP contribution is 2.28. The van der Waals surface area contributed by atoms with Crippen molar-refractivity contribution in [3.05, 3.63) is 28.0 Å². The van der Waals surface area contributed by atoms with E-state index in [1.807, 2.05) is 0 Å². The second-order valence-corrected chi connectivity index (χ2v) is 5.38. The summed E-state index contributed by atoms with van der Waals surface area (Å²) >= 11 is 0. The van der Waals surface area contributed by atoms with Crippen LogP contribution in [0.5, 0.6) is 0 Å². The maximum Gasteiger partial charge on any atom is 0.433 e. The molecule has 1 aliphatic rings. The molecule has 1 fully saturated rings. The zero-order chi connectivity index (χ0) is 13.1. The predicted octanol–water partition coefficient (Wildman–Crippen LogP) is 3.10. The zero-order valence-electron chi connectivity index (χ0n) is 10.9. The number of rotatable bonds is 4. The molecule has 1 saturated carbocycles. The maximum atomic E-state index is 10.5. The van der Waals surface area contributed by atoms with Crippen molar-refractivity contribution in [3.63, 3.8) is 0 Å². The number of hydrogen-bond acceptors (Lipinski definition) is 4. The summed E-state index contributed by atoms with van der Waals surface area (Å²) in [7, 11) is 0. The van der Waals surface area contributed by atoms with Gasteiger partial charge in [-0.2, -0.15) is 0 Å². The topological polar surface area (TPSA) is 68.3 Å². The van der Waals surface area contributed by atoms with Gasteiger partial charge < -0.3 is 9.73 Å². The summed E-state index contributed by atoms with van der Waals surface area (Å²) in [5, 5.41) is 13.9. The fourth-order valence-electron chi connectivity index (χ4n) is 2.76. The Morgan fingerprint density at radius 2 is 2.22 bits per heavy atom. The van der Waals surface area contributed by atoms with Crippen molar-refractivity contribution in [2.24, 2.45) is 11.8 Å². The molecule has 1 aliphatic carbocycles. The minimum Gasteiger partial charge on any atom is -0.404 e. The Kier molecular flexibility index (Phi) is 4.01. The van der Waals surface area contributed by atoms with Crippen molar-refractivity contribution in [1.82, 2.24) is 5.32 Å². The molecule has 100 valence electrons. The van der Waals surface area contributed by atoms with Crippen molar-refractivity contribution < 1.29 is 9.34 Å². The third kappa shape index (κ3) is 3.10. The van der Waals surface area contributed by atoms with Crippen LogP contribution < -0.4 is 5.32 Å². The number of furan rings is 1. The van der Waals surface area contributed by atoms with Crippen LogP contribution >= 0.6 is 0 Å². The van der Waals surface area contributed by atoms with E-state index < -0.39 is 4.92 Å². The van der Waals surface area contributed by atoms with Crippen molar-refractivity contribution in [3.8, 4) is 0 Å². The highest BCUT2D eigenvalue weighted by atomic mass is 16.6. The number of hydrogen-bond donors (Lipinski definition) is 1. The Bertz CT molecular complexity index is 416. The van der Waals surface area contributed by atoms with Crippen LogP contribution in [0, 0.1) is 22.0 Å². The predicted molar refractivity (Wildman–Crippen MR) is 68.2 cm³/mol. The first kappa shape index (κ1) is 13.1. The van der Waals surface area contributed by atoms with E-state index >= 15 is 0 Å². The monoisotopic (exact) mass is 252 g/mol. The molecule has 0 amide bonds. The molecular weight excluding hydrogens is 232 g/mol. The van der Waals surface area contributed by atoms with Crippen LogP contribution in [0.1, 0.15) is 38.9 Å². The summed E-state index contributed by atoms with van der Waals surface area (Å²) < 4.78 is 5.13. The van der Waals surface area contributed by atoms with Crippen LogP contribution in [0.4, 0.5) is 5.88 Å². The molecule has 3 unspecified atom stereocenters. The molecule has 18 heavy (non-hydrogen) atoms. The Morgan fingerprint density at radius 3 is 2.83 bits per heavy atom. The minimum atomic E-state index is -0.506. The van der Waals surface area contributed by atoms with Gasteiger partial charge in [-0.05, 0) is 37.2 Å². The van der Waals surface area contributed by atoms with Gasteiger partial charge in [0.05, 0.1) is 12.6 Å². The van der Waals surface area contributed by atoms with Crippen molar-refractivity contribution in [2.75, 3.05) is 0 Å². The van der Waals surface area contributed by atoms with Gasteiger partial charge in [0.1, 0.15) is 10.7 Å². The van der Waals surface area contributed by atoms with E-state index in [0.29, 0.717) is 24.3 Å². The van der Waals surface area contributed by atoms with E-state index in [2.05, 4.69) is 19.2 Å². The molecule has 0 aliphatic heterocycles. The van der Waals surface area contributed by atoms with Gasteiger partial charge in [-0.15, -0.1) is 0 Å². The average Bonchev–Trinajstić information content (AvgIpc) is 2.76. The quantitative estimate of drug-likeness (QED) is 0.660. The standard InChI is InChI=1S/C13H20N2O3/c1-9-3-5-12(10(2)7-9)14-8-11-4-6-13(18-11)15(16)17/h4,6,9-10,12,14H,3,5,7-8H2,1-2H3. The second kappa shape index (κ2) is 5.52. The van der Waals surface area contributed by atoms with E-state index in [1.165, 1.54) is 25.3 Å². The lowest BCUT2D eigenvalue weighted by atomic mass is 9.80. The van der Waals surface area contributed by atoms with Crippen LogP contribution in [0.2, 0.25) is 0 Å². The Hall–Kier alpha value is -1.36. The lowest BCUT2D eigenvalue weighted by Crippen LogP contribution is -2.38. The van der Waals surface area contributed by atoms with Gasteiger partial charge in [0.15, 0.2) is 0 Å². The van der Waals surface area contributed by atoms with Gasteiger partial charge in [0.25, 0.3) is 0 Å². The Labute approximate surface area is 107 Å². The molecule has 3 atom stereocenters. The first-order valence-electron chi connectivity index (χ1n) is 6.52. The van der Waals surface area contributed by atoms with Crippen LogP contribution in [0.3, 0.4) is 0 Å². The largest absolute Gasteiger partial charge is 0.433 e. The summed E-state index contributed by atoms with van der Waals surface area (Å²) in [6.07, 6.45) is 3.67. The number of nitrogens with zero attached hydrogens (tertiary/aromatic N) is 1. The fourth-order valence-corrected chi connectivity index (χ4v) is 2.76. The number of nitro groups is 1. The minimum absolute atomic E-state index is 0.183. The number of nitrogens with one attached hydrogen (secondary N) is 1. The van der Waals surface area contributed by atoms with Gasteiger partial charge in [-0.25, -0.2) is 0 Å². The smallest absolute Gasteiger partial charge is 0.404 e. The normalized spacial score (nSPS) is 28.2. The summed E-state index contributed by atoms with van der Waals surface area (Å²) in [4.78, 5) is 9.99. The van der Waals surface area contributed by atoms with Crippen molar-refractivity contribution in [1.29, 1.82) is 0 Å². The molecule has 0 spiro atoms. The molecule has 1 heterocycles. The maximum absolute atomic E-state index is 10.5. The molecule has 5 nitrogen and oxygen atoms in total. The highest BCUT2D eigenvalue weighted by molar-refractivity contribution is 5.17. The fraction of sp³-hybridized carbons (Fsp3) is 0.692. The SMILES string of the molecule is CC1CCC(NCc2ccc([N+](=O)[O-])o2)C(C)C1. The average molecular weight is 252 g/mol. The van der Waals surface area contributed by atoms with E-state index in [9.17, 15) is 10.1 Å². The highest BCUT2D eigenvalue weighted by Gasteiger charge is 2.25. The van der Waals surface area contributed by atoms with E-state index in [4.69, 9.17) is 4.42 Å². The zero-order valence-corrected chi connectivity index (χ0v) is 10.9. The van der Waals surface area contributed by atoms with Gasteiger partial charge >= 0.3 is 5.88 Å². The molecule has 0 radical (unpaired) electrons. The summed E-state index contributed by atoms with van der Waals surface area (Å²) in [6.45, 7) is 5.12. The Balaban J connectivity index is 1.85. The van der Waals surface area contributed by atoms with Gasteiger partial charge in [-0.1, -0.05) is 13.8 Å². The Morgan fingerprint density at radius 1 is 1.44 bits per heavy atom. The molecule has 0 bridgehead atoms. The lowest BCUT2D eigenvalue weighted by Gasteiger charge is -2.33. The molecule has 0 saturated heterocycles. The molecule has 1 N–H and O–H groups in total. The molecule has 5 heteroatoms. The van der Waals surface area contributed by atoms with E-state index in [1.54, 1.807) is 6.07 Å². The third-order valence-corrected chi connectivity index (χ3v) is 3.80. The van der Waals surface area contributed by atoms with Gasteiger partial charge in [0.2, 0.25) is 0 Å². The molecule has 1 aromatic heterocycles. The molecular formula is C13H20N2O3. The van der Waals surface area contributed by atoms with Gasteiger partial charge in [-0.3, -0.25) is 10.1 Å². The molecule has 2 rings (SSSR count).